The molecular weight excluding hydrogens is 268 g/mol. The van der Waals surface area contributed by atoms with Gasteiger partial charge in [0.15, 0.2) is 0 Å². The van der Waals surface area contributed by atoms with Gasteiger partial charge in [0.25, 0.3) is 0 Å². The summed E-state index contributed by atoms with van der Waals surface area (Å²) < 4.78 is 5.89. The zero-order valence-corrected chi connectivity index (χ0v) is 14.1. The van der Waals surface area contributed by atoms with E-state index < -0.39 is 0 Å². The largest absolute Gasteiger partial charge is 0.371 e. The molecule has 0 atom stereocenters. The van der Waals surface area contributed by atoms with Crippen LogP contribution in [0.15, 0.2) is 0 Å². The van der Waals surface area contributed by atoms with E-state index in [1.165, 1.54) is 28.4 Å². The molecular formula is C16H28N2OS. The Hall–Kier alpha value is -0.450. The lowest BCUT2D eigenvalue weighted by Crippen LogP contribution is -2.24. The molecule has 1 saturated carbocycles. The van der Waals surface area contributed by atoms with Crippen LogP contribution in [-0.2, 0) is 23.3 Å². The Morgan fingerprint density at radius 1 is 1.35 bits per heavy atom. The SMILES string of the molecule is CCNCc1sc(C2(OC)CCCC2)nc1CC(C)C. The Kier molecular flexibility index (Phi) is 5.58. The van der Waals surface area contributed by atoms with Gasteiger partial charge in [-0.1, -0.05) is 33.6 Å². The smallest absolute Gasteiger partial charge is 0.125 e. The minimum absolute atomic E-state index is 0.0964. The van der Waals surface area contributed by atoms with Gasteiger partial charge in [0, 0.05) is 18.5 Å². The first-order valence-corrected chi connectivity index (χ1v) is 8.68. The maximum atomic E-state index is 5.89. The predicted molar refractivity (Wildman–Crippen MR) is 85.2 cm³/mol. The lowest BCUT2D eigenvalue weighted by atomic mass is 10.0. The van der Waals surface area contributed by atoms with Gasteiger partial charge in [-0.25, -0.2) is 4.98 Å². The average molecular weight is 296 g/mol. The van der Waals surface area contributed by atoms with Crippen LogP contribution in [0.3, 0.4) is 0 Å². The standard InChI is InChI=1S/C16H28N2OS/c1-5-17-11-14-13(10-12(2)3)18-15(20-14)16(19-4)8-6-7-9-16/h12,17H,5-11H2,1-4H3. The third-order valence-corrected chi connectivity index (χ3v) is 5.39. The zero-order valence-electron chi connectivity index (χ0n) is 13.3. The van der Waals surface area contributed by atoms with Gasteiger partial charge in [-0.05, 0) is 31.7 Å². The van der Waals surface area contributed by atoms with E-state index in [1.54, 1.807) is 0 Å². The number of hydrogen-bond donors (Lipinski definition) is 1. The van der Waals surface area contributed by atoms with Gasteiger partial charge in [-0.15, -0.1) is 11.3 Å². The molecule has 4 heteroatoms. The number of hydrogen-bond acceptors (Lipinski definition) is 4. The molecule has 1 aromatic heterocycles. The lowest BCUT2D eigenvalue weighted by Gasteiger charge is -2.24. The minimum Gasteiger partial charge on any atom is -0.371 e. The fraction of sp³-hybridized carbons (Fsp3) is 0.812. The Morgan fingerprint density at radius 2 is 2.05 bits per heavy atom. The Labute approximate surface area is 127 Å². The summed E-state index contributed by atoms with van der Waals surface area (Å²) in [7, 11) is 1.85. The first-order chi connectivity index (χ1) is 9.61. The van der Waals surface area contributed by atoms with Crippen molar-refractivity contribution in [1.82, 2.24) is 10.3 Å². The average Bonchev–Trinajstić information content (AvgIpc) is 3.03. The molecule has 0 aliphatic heterocycles. The molecule has 0 amide bonds. The van der Waals surface area contributed by atoms with Crippen LogP contribution >= 0.6 is 11.3 Å². The molecule has 0 spiro atoms. The van der Waals surface area contributed by atoms with Gasteiger partial charge < -0.3 is 10.1 Å². The number of aromatic nitrogens is 1. The van der Waals surface area contributed by atoms with E-state index in [4.69, 9.17) is 9.72 Å². The molecule has 114 valence electrons. The van der Waals surface area contributed by atoms with Crippen molar-refractivity contribution in [2.24, 2.45) is 5.92 Å². The van der Waals surface area contributed by atoms with E-state index in [2.05, 4.69) is 26.1 Å². The topological polar surface area (TPSA) is 34.1 Å². The van der Waals surface area contributed by atoms with Crippen molar-refractivity contribution in [2.75, 3.05) is 13.7 Å². The summed E-state index contributed by atoms with van der Waals surface area (Å²) in [4.78, 5) is 6.38. The van der Waals surface area contributed by atoms with Crippen molar-refractivity contribution in [3.05, 3.63) is 15.6 Å². The minimum atomic E-state index is -0.0964. The number of methoxy groups -OCH3 is 1. The van der Waals surface area contributed by atoms with Gasteiger partial charge in [0.05, 0.1) is 5.69 Å². The number of thiazole rings is 1. The highest BCUT2D eigenvalue weighted by Crippen LogP contribution is 2.44. The summed E-state index contributed by atoms with van der Waals surface area (Å²) in [5.41, 5.74) is 1.19. The highest BCUT2D eigenvalue weighted by Gasteiger charge is 2.39. The van der Waals surface area contributed by atoms with Gasteiger partial charge in [0.2, 0.25) is 0 Å². The van der Waals surface area contributed by atoms with E-state index in [-0.39, 0.29) is 5.60 Å². The highest BCUT2D eigenvalue weighted by atomic mass is 32.1. The lowest BCUT2D eigenvalue weighted by molar-refractivity contribution is -0.00897. The predicted octanol–water partition coefficient (Wildman–Crippen LogP) is 3.87. The molecule has 1 aliphatic carbocycles. The Bertz CT molecular complexity index is 422. The van der Waals surface area contributed by atoms with Gasteiger partial charge in [-0.2, -0.15) is 0 Å². The molecule has 1 aromatic rings. The molecule has 20 heavy (non-hydrogen) atoms. The summed E-state index contributed by atoms with van der Waals surface area (Å²) in [5, 5.41) is 4.65. The van der Waals surface area contributed by atoms with Crippen molar-refractivity contribution in [2.45, 2.75) is 65.0 Å². The molecule has 1 heterocycles. The number of nitrogens with one attached hydrogen (secondary N) is 1. The maximum absolute atomic E-state index is 5.89. The Balaban J connectivity index is 2.27. The van der Waals surface area contributed by atoms with Crippen LogP contribution < -0.4 is 5.32 Å². The van der Waals surface area contributed by atoms with Crippen molar-refractivity contribution in [3.63, 3.8) is 0 Å². The van der Waals surface area contributed by atoms with E-state index in [0.29, 0.717) is 5.92 Å². The van der Waals surface area contributed by atoms with Crippen LogP contribution in [0.1, 0.15) is 62.0 Å². The van der Waals surface area contributed by atoms with E-state index in [0.717, 1.165) is 32.4 Å². The molecule has 0 unspecified atom stereocenters. The first-order valence-electron chi connectivity index (χ1n) is 7.86. The second-order valence-corrected chi connectivity index (χ2v) is 7.26. The van der Waals surface area contributed by atoms with Crippen molar-refractivity contribution < 1.29 is 4.74 Å². The van der Waals surface area contributed by atoms with Gasteiger partial charge in [-0.3, -0.25) is 0 Å². The second-order valence-electron chi connectivity index (χ2n) is 6.17. The van der Waals surface area contributed by atoms with Crippen LogP contribution in [0.5, 0.6) is 0 Å². The normalized spacial score (nSPS) is 18.1. The molecule has 1 N–H and O–H groups in total. The van der Waals surface area contributed by atoms with E-state index in [9.17, 15) is 0 Å². The molecule has 2 rings (SSSR count). The summed E-state index contributed by atoms with van der Waals surface area (Å²) in [6, 6.07) is 0. The van der Waals surface area contributed by atoms with Crippen molar-refractivity contribution >= 4 is 11.3 Å². The fourth-order valence-corrected chi connectivity index (χ4v) is 4.24. The van der Waals surface area contributed by atoms with Crippen LogP contribution in [0.4, 0.5) is 0 Å². The Morgan fingerprint density at radius 3 is 2.60 bits per heavy atom. The number of rotatable bonds is 7. The van der Waals surface area contributed by atoms with Crippen LogP contribution in [0.25, 0.3) is 0 Å². The quantitative estimate of drug-likeness (QED) is 0.829. The molecule has 1 fully saturated rings. The molecule has 0 bridgehead atoms. The monoisotopic (exact) mass is 296 g/mol. The van der Waals surface area contributed by atoms with Crippen LogP contribution in [0, 0.1) is 5.92 Å². The van der Waals surface area contributed by atoms with Gasteiger partial charge in [0.1, 0.15) is 10.6 Å². The molecule has 3 nitrogen and oxygen atoms in total. The second kappa shape index (κ2) is 7.01. The highest BCUT2D eigenvalue weighted by molar-refractivity contribution is 7.11. The van der Waals surface area contributed by atoms with Crippen LogP contribution in [0.2, 0.25) is 0 Å². The third-order valence-electron chi connectivity index (χ3n) is 4.11. The zero-order chi connectivity index (χ0) is 14.6. The fourth-order valence-electron chi connectivity index (χ4n) is 2.95. The van der Waals surface area contributed by atoms with Crippen molar-refractivity contribution in [1.29, 1.82) is 0 Å². The van der Waals surface area contributed by atoms with Gasteiger partial charge >= 0.3 is 0 Å². The molecule has 1 aliphatic rings. The first kappa shape index (κ1) is 15.9. The summed E-state index contributed by atoms with van der Waals surface area (Å²) >= 11 is 1.86. The van der Waals surface area contributed by atoms with Crippen LogP contribution in [-0.4, -0.2) is 18.6 Å². The maximum Gasteiger partial charge on any atom is 0.125 e. The summed E-state index contributed by atoms with van der Waals surface area (Å²) in [5.74, 6) is 0.646. The summed E-state index contributed by atoms with van der Waals surface area (Å²) in [6.45, 7) is 8.62. The third kappa shape index (κ3) is 3.41. The number of nitrogens with zero attached hydrogens (tertiary/aromatic N) is 1. The van der Waals surface area contributed by atoms with E-state index in [1.807, 2.05) is 18.4 Å². The molecule has 0 saturated heterocycles. The number of ether oxygens (including phenoxy) is 1. The molecule has 0 aromatic carbocycles. The van der Waals surface area contributed by atoms with E-state index >= 15 is 0 Å². The summed E-state index contributed by atoms with van der Waals surface area (Å²) in [6.07, 6.45) is 5.83. The van der Waals surface area contributed by atoms with Crippen molar-refractivity contribution in [3.8, 4) is 0 Å². The molecule has 0 radical (unpaired) electrons.